The predicted molar refractivity (Wildman–Crippen MR) is 235 cm³/mol. The second-order valence-corrected chi connectivity index (χ2v) is 20.6. The van der Waals surface area contributed by atoms with Gasteiger partial charge in [0.1, 0.15) is 29.8 Å². The van der Waals surface area contributed by atoms with Gasteiger partial charge >= 0.3 is 18.3 Å². The molecule has 17 nitrogen and oxygen atoms in total. The Labute approximate surface area is 381 Å². The fourth-order valence-electron chi connectivity index (χ4n) is 10.6. The number of methoxy groups -OCH3 is 2. The van der Waals surface area contributed by atoms with Crippen molar-refractivity contribution in [2.45, 2.75) is 121 Å². The van der Waals surface area contributed by atoms with E-state index in [0.717, 1.165) is 16.7 Å². The number of carbonyl (C=O) groups excluding carboxylic acids is 3. The number of esters is 1. The summed E-state index contributed by atoms with van der Waals surface area (Å²) in [6, 6.07) is 2.84. The van der Waals surface area contributed by atoms with Gasteiger partial charge in [-0.2, -0.15) is 0 Å². The summed E-state index contributed by atoms with van der Waals surface area (Å²) in [5.41, 5.74) is 2.04. The van der Waals surface area contributed by atoms with Gasteiger partial charge in [-0.1, -0.05) is 6.07 Å². The number of phenols is 1. The molecule has 0 amide bonds. The van der Waals surface area contributed by atoms with E-state index in [0.29, 0.717) is 64.5 Å². The smallest absolute Gasteiger partial charge is 0.504 e. The highest BCUT2D eigenvalue weighted by Crippen LogP contribution is 2.64. The average molecular weight is 920 g/mol. The summed E-state index contributed by atoms with van der Waals surface area (Å²) in [6.07, 6.45) is -2.06. The summed E-state index contributed by atoms with van der Waals surface area (Å²) >= 11 is 1.41. The summed E-state index contributed by atoms with van der Waals surface area (Å²) in [6.45, 7) is 14.1. The molecule has 2 saturated heterocycles. The highest BCUT2D eigenvalue weighted by Gasteiger charge is 2.61. The van der Waals surface area contributed by atoms with Crippen molar-refractivity contribution in [2.75, 3.05) is 47.0 Å². The number of aliphatic hydroxyl groups is 1. The number of piperazine rings is 1. The molecule has 7 atom stereocenters. The second kappa shape index (κ2) is 16.0. The van der Waals surface area contributed by atoms with Crippen LogP contribution in [0, 0.1) is 13.8 Å². The molecule has 0 aliphatic carbocycles. The fourth-order valence-corrected chi connectivity index (χ4v) is 12.3. The summed E-state index contributed by atoms with van der Waals surface area (Å²) in [4.78, 5) is 45.9. The largest absolute Gasteiger partial charge is 0.514 e. The van der Waals surface area contributed by atoms with Gasteiger partial charge in [-0.05, 0) is 110 Å². The number of thioether (sulfide) groups is 1. The topological polar surface area (TPSA) is 193 Å². The van der Waals surface area contributed by atoms with Crippen LogP contribution in [-0.4, -0.2) is 115 Å². The first-order valence-electron chi connectivity index (χ1n) is 21.8. The van der Waals surface area contributed by atoms with E-state index in [-0.39, 0.29) is 42.2 Å². The Balaban J connectivity index is 1.26. The SMILES string of the molecule is COc1cc2c(cc1OC(=O)OC(C)(C)C)CCN[C@]21CS[C@@H]2c3c(OC(=O)OC(C)(C)C)c(C)c4c(c3[C@@H](COC1=O)N1C2[C@H]2c3c(cc(C)c(OC)c3O)C[C@H]([C@@H]1O)N2C)OCO4. The summed E-state index contributed by atoms with van der Waals surface area (Å²) in [5.74, 6) is 1.12. The number of rotatable bonds is 4. The van der Waals surface area contributed by atoms with Gasteiger partial charge in [0.05, 0.1) is 37.6 Å². The van der Waals surface area contributed by atoms with Gasteiger partial charge < -0.3 is 52.8 Å². The lowest BCUT2D eigenvalue weighted by Gasteiger charge is -2.62. The molecule has 1 unspecified atom stereocenters. The Morgan fingerprint density at radius 1 is 0.877 bits per heavy atom. The predicted octanol–water partition coefficient (Wildman–Crippen LogP) is 6.41. The first kappa shape index (κ1) is 45.0. The van der Waals surface area contributed by atoms with Gasteiger partial charge in [0.2, 0.25) is 6.79 Å². The molecule has 350 valence electrons. The lowest BCUT2D eigenvalue weighted by molar-refractivity contribution is -0.186. The van der Waals surface area contributed by atoms with Crippen molar-refractivity contribution in [3.8, 4) is 40.2 Å². The number of nitrogens with zero attached hydrogens (tertiary/aromatic N) is 2. The van der Waals surface area contributed by atoms with Crippen LogP contribution in [0.1, 0.15) is 103 Å². The monoisotopic (exact) mass is 919 g/mol. The molecule has 1 spiro atoms. The molecule has 2 fully saturated rings. The van der Waals surface area contributed by atoms with Crippen LogP contribution in [0.3, 0.4) is 0 Å². The number of hydrogen-bond acceptors (Lipinski definition) is 18. The van der Waals surface area contributed by atoms with Crippen LogP contribution < -0.4 is 33.7 Å². The molecule has 3 aromatic carbocycles. The van der Waals surface area contributed by atoms with Crippen LogP contribution in [0.4, 0.5) is 9.59 Å². The molecule has 3 aromatic rings. The molecule has 0 radical (unpaired) electrons. The minimum atomic E-state index is -1.48. The van der Waals surface area contributed by atoms with Gasteiger partial charge in [-0.15, -0.1) is 11.8 Å². The van der Waals surface area contributed by atoms with Gasteiger partial charge in [0.25, 0.3) is 0 Å². The molecule has 4 bridgehead atoms. The van der Waals surface area contributed by atoms with Crippen molar-refractivity contribution >= 4 is 30.0 Å². The van der Waals surface area contributed by atoms with Crippen molar-refractivity contribution in [3.63, 3.8) is 0 Å². The van der Waals surface area contributed by atoms with Gasteiger partial charge in [-0.25, -0.2) is 14.4 Å². The number of carbonyl (C=O) groups is 3. The Hall–Kier alpha value is -5.14. The van der Waals surface area contributed by atoms with Gasteiger partial charge in [-0.3, -0.25) is 15.1 Å². The van der Waals surface area contributed by atoms with E-state index in [9.17, 15) is 19.8 Å². The van der Waals surface area contributed by atoms with Crippen LogP contribution >= 0.6 is 11.8 Å². The molecule has 10 rings (SSSR count). The van der Waals surface area contributed by atoms with E-state index in [1.165, 1.54) is 26.0 Å². The zero-order valence-electron chi connectivity index (χ0n) is 38.5. The number of likely N-dealkylation sites (N-methyl/N-ethyl adjacent to an activating group) is 1. The van der Waals surface area contributed by atoms with Gasteiger partial charge in [0.15, 0.2) is 40.0 Å². The molecule has 18 heteroatoms. The average Bonchev–Trinajstić information content (AvgIpc) is 3.71. The Morgan fingerprint density at radius 3 is 2.25 bits per heavy atom. The third-order valence-electron chi connectivity index (χ3n) is 13.2. The maximum absolute atomic E-state index is 15.1. The van der Waals surface area contributed by atoms with E-state index in [4.69, 9.17) is 42.6 Å². The minimum Gasteiger partial charge on any atom is -0.504 e. The Morgan fingerprint density at radius 2 is 1.57 bits per heavy atom. The van der Waals surface area contributed by atoms with E-state index in [1.54, 1.807) is 60.6 Å². The van der Waals surface area contributed by atoms with Crippen molar-refractivity contribution in [2.24, 2.45) is 0 Å². The number of aryl methyl sites for hydroxylation is 1. The second-order valence-electron chi connectivity index (χ2n) is 19.4. The molecule has 0 saturated carbocycles. The number of phenolic OH excluding ortho intramolecular Hbond substituents is 1. The fraction of sp³-hybridized carbons (Fsp3) is 0.553. The zero-order valence-corrected chi connectivity index (χ0v) is 39.4. The Kier molecular flexibility index (Phi) is 11.1. The van der Waals surface area contributed by atoms with Crippen molar-refractivity contribution < 1.29 is 67.2 Å². The van der Waals surface area contributed by atoms with Crippen molar-refractivity contribution in [3.05, 3.63) is 62.7 Å². The number of benzene rings is 3. The molecular weight excluding hydrogens is 863 g/mol. The third kappa shape index (κ3) is 7.35. The lowest BCUT2D eigenvalue weighted by Crippen LogP contribution is -2.70. The first-order valence-corrected chi connectivity index (χ1v) is 22.8. The van der Waals surface area contributed by atoms with Crippen LogP contribution in [0.15, 0.2) is 18.2 Å². The van der Waals surface area contributed by atoms with E-state index in [2.05, 4.69) is 10.2 Å². The third-order valence-corrected chi connectivity index (χ3v) is 14.6. The number of hydrogen-bond donors (Lipinski definition) is 3. The summed E-state index contributed by atoms with van der Waals surface area (Å²) in [7, 11) is 4.91. The number of aromatic hydroxyl groups is 1. The number of nitrogens with one attached hydrogen (secondary N) is 1. The zero-order chi connectivity index (χ0) is 46.7. The van der Waals surface area contributed by atoms with E-state index < -0.39 is 70.7 Å². The molecule has 7 aliphatic heterocycles. The number of aliphatic hydroxyl groups excluding tert-OH is 1. The molecule has 7 heterocycles. The molecule has 65 heavy (non-hydrogen) atoms. The summed E-state index contributed by atoms with van der Waals surface area (Å²) in [5, 5.41) is 27.8. The normalized spacial score (nSPS) is 26.8. The van der Waals surface area contributed by atoms with Crippen LogP contribution in [-0.2, 0) is 37.4 Å². The molecule has 7 aliphatic rings. The van der Waals surface area contributed by atoms with E-state index in [1.807, 2.05) is 24.9 Å². The standard InChI is InChI=1S/C47H57N3O14S/c1-21-14-24-15-26-41(52)50-27-18-58-42(53)47(25-17-28(56-10)29(16-23(25)12-13-48-47)61-43(54)63-45(3,4)5)19-65-40(34(50)33(49(26)9)30(24)35(51)36(21)57-11)32-31(27)39-38(59-20-60-39)22(2)37(32)62-44(55)64-46(6,7)8/h14,16-17,26-27,33-34,40-41,48,51-52H,12-13,15,18-20H2,1-11H3/t26-,27-,33-,34?,40-,41+,47-/m1/s1. The van der Waals surface area contributed by atoms with Crippen molar-refractivity contribution in [1.82, 2.24) is 15.1 Å². The van der Waals surface area contributed by atoms with Crippen LogP contribution in [0.2, 0.25) is 0 Å². The molecule has 0 aromatic heterocycles. The molecular formula is C47H57N3O14S. The van der Waals surface area contributed by atoms with E-state index >= 15 is 4.79 Å². The van der Waals surface area contributed by atoms with Crippen molar-refractivity contribution in [1.29, 1.82) is 0 Å². The summed E-state index contributed by atoms with van der Waals surface area (Å²) < 4.78 is 53.6. The number of fused-ring (bicyclic) bond motifs is 9. The highest BCUT2D eigenvalue weighted by atomic mass is 32.2. The maximum Gasteiger partial charge on any atom is 0.514 e. The van der Waals surface area contributed by atoms with Crippen LogP contribution in [0.5, 0.6) is 40.2 Å². The molecule has 3 N–H and O–H groups in total. The lowest BCUT2D eigenvalue weighted by atomic mass is 9.73. The quantitative estimate of drug-likeness (QED) is 0.148. The first-order chi connectivity index (χ1) is 30.7. The Bertz CT molecular complexity index is 2480. The minimum absolute atomic E-state index is 0.00157. The van der Waals surface area contributed by atoms with Crippen LogP contribution in [0.25, 0.3) is 0 Å². The highest BCUT2D eigenvalue weighted by molar-refractivity contribution is 7.99. The van der Waals surface area contributed by atoms with Gasteiger partial charge in [0, 0.05) is 40.6 Å². The number of ether oxygens (including phenoxy) is 9. The maximum atomic E-state index is 15.1.